The van der Waals surface area contributed by atoms with Crippen LogP contribution in [-0.4, -0.2) is 75.9 Å². The van der Waals surface area contributed by atoms with Crippen LogP contribution in [0.5, 0.6) is 0 Å². The Balaban J connectivity index is 2.00. The molecule has 2 aromatic carbocycles. The van der Waals surface area contributed by atoms with Gasteiger partial charge in [-0.2, -0.15) is 0 Å². The van der Waals surface area contributed by atoms with Crippen molar-refractivity contribution in [3.8, 4) is 0 Å². The first-order valence-electron chi connectivity index (χ1n) is 18.8. The molecule has 0 unspecified atom stereocenters. The van der Waals surface area contributed by atoms with Gasteiger partial charge in [-0.25, -0.2) is 12.7 Å². The number of hydrogen-bond donors (Lipinski definition) is 0. The summed E-state index contributed by atoms with van der Waals surface area (Å²) < 4.78 is 197. The summed E-state index contributed by atoms with van der Waals surface area (Å²) >= 11 is 1.01. The number of rotatable bonds is 5. The van der Waals surface area contributed by atoms with Crippen molar-refractivity contribution in [3.63, 3.8) is 0 Å². The Bertz CT molecular complexity index is 1810. The Morgan fingerprint density at radius 1 is 1.13 bits per heavy atom. The Hall–Kier alpha value is -1.64. The third kappa shape index (κ3) is 4.36. The van der Waals surface area contributed by atoms with Crippen LogP contribution in [0.15, 0.2) is 63.2 Å². The van der Waals surface area contributed by atoms with Gasteiger partial charge in [0.1, 0.15) is 0 Å². The number of fused-ring (bicyclic) bond motifs is 2. The first-order chi connectivity index (χ1) is 22.5. The summed E-state index contributed by atoms with van der Waals surface area (Å²) in [6.07, 6.45) is -3.17. The lowest BCUT2D eigenvalue weighted by Crippen LogP contribution is -2.44. The zero-order valence-electron chi connectivity index (χ0n) is 36.1. The van der Waals surface area contributed by atoms with Gasteiger partial charge in [-0.05, 0) is 54.3 Å². The highest BCUT2D eigenvalue weighted by atomic mass is 32.2. The van der Waals surface area contributed by atoms with Crippen molar-refractivity contribution in [1.29, 1.82) is 0 Å². The number of benzene rings is 2. The van der Waals surface area contributed by atoms with Crippen LogP contribution in [0.4, 0.5) is 0 Å². The SMILES string of the molecule is [2H]C([2H])([2H])N1C([2H])([2H])C([2H])([2H])N(C([2H])([2H])C([2H])([2H])/C=C2/c3ccccc3Sc3ccc(S(=O)(=O)N(C([2H])([2H])[2H])C([2H])([2H])[2H])cc32)C([2H])([2H])C1([2H])[2H]. The van der Waals surface area contributed by atoms with Crippen molar-refractivity contribution in [2.24, 2.45) is 0 Å². The molecule has 4 rings (SSSR count). The van der Waals surface area contributed by atoms with E-state index >= 15 is 0 Å². The molecule has 0 N–H and O–H groups in total. The van der Waals surface area contributed by atoms with Crippen LogP contribution in [0, 0.1) is 0 Å². The van der Waals surface area contributed by atoms with Gasteiger partial charge >= 0.3 is 0 Å². The molecule has 2 aromatic rings. The van der Waals surface area contributed by atoms with E-state index in [-0.39, 0.29) is 21.6 Å². The standard InChI is InChI=1S/C23H29N3O2S2/c1-24(2)30(27,28)18-10-11-23-21(17-18)19(20-7-4-5-9-22(20)29-23)8-6-12-26-15-13-25(3)14-16-26/h4-5,7-11,17H,6,12-16H2,1-3H3/b19-8-/i1D3,2D3,3D3,6D2,12D2,13D2,14D2,15D2,16D2. The topological polar surface area (TPSA) is 43.9 Å². The summed E-state index contributed by atoms with van der Waals surface area (Å²) in [5, 5.41) is 0. The Morgan fingerprint density at radius 2 is 1.90 bits per heavy atom. The molecule has 0 saturated carbocycles. The molecule has 7 heteroatoms. The largest absolute Gasteiger partial charge is 0.304 e. The van der Waals surface area contributed by atoms with Gasteiger partial charge in [0, 0.05) is 85.0 Å². The molecule has 0 bridgehead atoms. The second-order valence-electron chi connectivity index (χ2n) is 5.96. The fourth-order valence-electron chi connectivity index (χ4n) is 2.75. The average Bonchev–Trinajstić information content (AvgIpc) is 2.88. The molecule has 30 heavy (non-hydrogen) atoms. The zero-order chi connectivity index (χ0) is 39.6. The molecule has 160 valence electrons. The molecule has 2 aliphatic heterocycles. The molecule has 1 saturated heterocycles. The molecule has 0 atom stereocenters. The minimum atomic E-state index is -5.35. The molecule has 0 radical (unpaired) electrons. The molecule has 1 fully saturated rings. The van der Waals surface area contributed by atoms with Gasteiger partial charge in [0.2, 0.25) is 10.0 Å². The zero-order valence-corrected chi connectivity index (χ0v) is 16.7. The first kappa shape index (κ1) is 7.74. The number of likely N-dealkylation sites (N-methyl/N-ethyl adjacent to an activating group) is 1. The Morgan fingerprint density at radius 3 is 2.67 bits per heavy atom. The summed E-state index contributed by atoms with van der Waals surface area (Å²) in [4.78, 5) is -1.68. The van der Waals surface area contributed by atoms with Crippen LogP contribution >= 0.6 is 11.8 Å². The van der Waals surface area contributed by atoms with Crippen LogP contribution in [-0.2, 0) is 10.0 Å². The highest BCUT2D eigenvalue weighted by Crippen LogP contribution is 2.46. The third-order valence-electron chi connectivity index (χ3n) is 4.12. The molecular weight excluding hydrogens is 414 g/mol. The van der Waals surface area contributed by atoms with E-state index < -0.39 is 88.8 Å². The van der Waals surface area contributed by atoms with Crippen LogP contribution in [0.25, 0.3) is 5.57 Å². The van der Waals surface area contributed by atoms with Gasteiger partial charge in [-0.3, -0.25) is 0 Å². The summed E-state index contributed by atoms with van der Waals surface area (Å²) in [6, 6.07) is 8.86. The van der Waals surface area contributed by atoms with Crippen LogP contribution in [0.1, 0.15) is 46.3 Å². The molecule has 0 aromatic heterocycles. The number of piperazine rings is 1. The second kappa shape index (κ2) is 8.85. The van der Waals surface area contributed by atoms with E-state index in [1.807, 2.05) is 0 Å². The molecule has 2 aliphatic rings. The first-order valence-corrected chi connectivity index (χ1v) is 10.6. The quantitative estimate of drug-likeness (QED) is 0.578. The maximum Gasteiger partial charge on any atom is 0.242 e. The summed E-state index contributed by atoms with van der Waals surface area (Å²) in [7, 11) is -5.35. The van der Waals surface area contributed by atoms with Gasteiger partial charge in [0.25, 0.3) is 0 Å². The fraction of sp³-hybridized carbons (Fsp3) is 0.391. The molecule has 2 heterocycles. The predicted molar refractivity (Wildman–Crippen MR) is 124 cm³/mol. The smallest absolute Gasteiger partial charge is 0.242 e. The van der Waals surface area contributed by atoms with Crippen molar-refractivity contribution in [1.82, 2.24) is 14.1 Å². The summed E-state index contributed by atoms with van der Waals surface area (Å²) in [5.74, 6) is 0. The van der Waals surface area contributed by atoms with E-state index in [0.717, 1.165) is 30.0 Å². The molecule has 0 aliphatic carbocycles. The highest BCUT2D eigenvalue weighted by Gasteiger charge is 2.25. The lowest BCUT2D eigenvalue weighted by Gasteiger charge is -2.32. The maximum atomic E-state index is 13.5. The number of sulfonamides is 1. The van der Waals surface area contributed by atoms with E-state index in [2.05, 4.69) is 0 Å². The van der Waals surface area contributed by atoms with E-state index in [1.165, 1.54) is 12.1 Å². The molecule has 5 nitrogen and oxygen atoms in total. The van der Waals surface area contributed by atoms with Gasteiger partial charge in [0.15, 0.2) is 0 Å². The lowest BCUT2D eigenvalue weighted by atomic mass is 9.96. The van der Waals surface area contributed by atoms with E-state index in [4.69, 9.17) is 28.8 Å². The van der Waals surface area contributed by atoms with Gasteiger partial charge < -0.3 is 9.80 Å². The van der Waals surface area contributed by atoms with E-state index in [0.29, 0.717) is 11.0 Å². The Kier molecular flexibility index (Phi) is 2.28. The molecule has 0 spiro atoms. The van der Waals surface area contributed by atoms with Gasteiger partial charge in [0.05, 0.1) is 4.90 Å². The normalized spacial score (nSPS) is 38.4. The van der Waals surface area contributed by atoms with Crippen molar-refractivity contribution >= 4 is 27.4 Å². The summed E-state index contributed by atoms with van der Waals surface area (Å²) in [5.41, 5.74) is -0.427. The van der Waals surface area contributed by atoms with Crippen LogP contribution < -0.4 is 0 Å². The van der Waals surface area contributed by atoms with Gasteiger partial charge in [-0.1, -0.05) is 36.0 Å². The highest BCUT2D eigenvalue weighted by molar-refractivity contribution is 7.99. The minimum Gasteiger partial charge on any atom is -0.304 e. The summed E-state index contributed by atoms with van der Waals surface area (Å²) in [6.45, 7) is -31.5. The Labute approximate surface area is 213 Å². The fourth-order valence-corrected chi connectivity index (χ4v) is 4.56. The van der Waals surface area contributed by atoms with Crippen LogP contribution in [0.2, 0.25) is 0 Å². The van der Waals surface area contributed by atoms with Gasteiger partial charge in [-0.15, -0.1) is 0 Å². The second-order valence-corrected chi connectivity index (χ2v) is 8.83. The van der Waals surface area contributed by atoms with Crippen LogP contribution in [0.3, 0.4) is 0 Å². The third-order valence-corrected chi connectivity index (χ3v) is 6.60. The molecule has 0 amide bonds. The van der Waals surface area contributed by atoms with E-state index in [9.17, 15) is 8.42 Å². The van der Waals surface area contributed by atoms with E-state index in [1.54, 1.807) is 12.1 Å². The lowest BCUT2D eigenvalue weighted by molar-refractivity contribution is 0.156. The van der Waals surface area contributed by atoms with Crippen molar-refractivity contribution in [2.45, 2.75) is 21.1 Å². The predicted octanol–water partition coefficient (Wildman–Crippen LogP) is 3.47. The maximum absolute atomic E-state index is 13.5. The number of hydrogen-bond acceptors (Lipinski definition) is 5. The average molecular weight is 465 g/mol. The minimum absolute atomic E-state index is 0.108. The van der Waals surface area contributed by atoms with Crippen molar-refractivity contribution in [2.75, 3.05) is 53.4 Å². The van der Waals surface area contributed by atoms with Crippen molar-refractivity contribution < 1.29 is 37.2 Å². The monoisotopic (exact) mass is 464 g/mol. The number of nitrogens with zero attached hydrogens (tertiary/aromatic N) is 3. The van der Waals surface area contributed by atoms with Crippen molar-refractivity contribution in [3.05, 3.63) is 59.7 Å². The molecular formula is C23H29N3O2S2.